The minimum absolute atomic E-state index is 0.0572. The Morgan fingerprint density at radius 1 is 1.29 bits per heavy atom. The maximum absolute atomic E-state index is 10.9. The molecule has 0 saturated heterocycles. The second-order valence-corrected chi connectivity index (χ2v) is 3.78. The molecule has 88 valence electrons. The van der Waals surface area contributed by atoms with Crippen molar-refractivity contribution >= 4 is 11.4 Å². The van der Waals surface area contributed by atoms with Gasteiger partial charge in [0.15, 0.2) is 0 Å². The smallest absolute Gasteiger partial charge is 0.313 e. The summed E-state index contributed by atoms with van der Waals surface area (Å²) in [5.41, 5.74) is 7.96. The van der Waals surface area contributed by atoms with E-state index in [9.17, 15) is 10.1 Å². The van der Waals surface area contributed by atoms with E-state index in [2.05, 4.69) is 5.10 Å². The summed E-state index contributed by atoms with van der Waals surface area (Å²) in [7, 11) is 0. The Balaban J connectivity index is 2.57. The van der Waals surface area contributed by atoms with Crippen molar-refractivity contribution in [3.63, 3.8) is 0 Å². The third-order valence-corrected chi connectivity index (χ3v) is 2.57. The van der Waals surface area contributed by atoms with Crippen molar-refractivity contribution < 1.29 is 4.92 Å². The highest BCUT2D eigenvalue weighted by Crippen LogP contribution is 2.24. The lowest BCUT2D eigenvalue weighted by Crippen LogP contribution is -2.00. The van der Waals surface area contributed by atoms with Crippen LogP contribution in [-0.2, 0) is 0 Å². The molecule has 1 aromatic carbocycles. The van der Waals surface area contributed by atoms with Crippen molar-refractivity contribution in [2.75, 3.05) is 5.73 Å². The van der Waals surface area contributed by atoms with Crippen LogP contribution in [0.1, 0.15) is 11.4 Å². The molecule has 6 nitrogen and oxygen atoms in total. The number of nitrogens with two attached hydrogens (primary N) is 1. The van der Waals surface area contributed by atoms with Gasteiger partial charge in [-0.1, -0.05) is 0 Å². The van der Waals surface area contributed by atoms with Crippen molar-refractivity contribution in [2.45, 2.75) is 13.8 Å². The van der Waals surface area contributed by atoms with Crippen LogP contribution < -0.4 is 5.73 Å². The van der Waals surface area contributed by atoms with Crippen molar-refractivity contribution in [3.05, 3.63) is 45.8 Å². The second-order valence-electron chi connectivity index (χ2n) is 3.78. The van der Waals surface area contributed by atoms with Crippen LogP contribution in [0.3, 0.4) is 0 Å². The van der Waals surface area contributed by atoms with E-state index < -0.39 is 4.92 Å². The van der Waals surface area contributed by atoms with E-state index in [1.54, 1.807) is 42.8 Å². The number of nitrogens with zero attached hydrogens (tertiary/aromatic N) is 3. The minimum Gasteiger partial charge on any atom is -0.399 e. The first-order valence-corrected chi connectivity index (χ1v) is 5.07. The lowest BCUT2D eigenvalue weighted by atomic mass is 10.2. The van der Waals surface area contributed by atoms with E-state index in [1.165, 1.54) is 0 Å². The van der Waals surface area contributed by atoms with Gasteiger partial charge in [0.1, 0.15) is 11.4 Å². The lowest BCUT2D eigenvalue weighted by Gasteiger charge is -2.03. The Bertz CT molecular complexity index is 572. The second kappa shape index (κ2) is 3.89. The number of anilines is 1. The summed E-state index contributed by atoms with van der Waals surface area (Å²) in [6.45, 7) is 3.30. The van der Waals surface area contributed by atoms with Gasteiger partial charge in [-0.05, 0) is 38.1 Å². The van der Waals surface area contributed by atoms with E-state index in [1.807, 2.05) is 0 Å². The first-order valence-electron chi connectivity index (χ1n) is 5.07. The summed E-state index contributed by atoms with van der Waals surface area (Å²) in [5, 5.41) is 15.0. The normalized spacial score (nSPS) is 10.5. The number of hydrogen-bond donors (Lipinski definition) is 1. The van der Waals surface area contributed by atoms with Crippen LogP contribution in [0.5, 0.6) is 0 Å². The fraction of sp³-hybridized carbons (Fsp3) is 0.182. The molecule has 1 aromatic heterocycles. The predicted octanol–water partition coefficient (Wildman–Crippen LogP) is 1.98. The van der Waals surface area contributed by atoms with Gasteiger partial charge in [0.05, 0.1) is 10.6 Å². The molecular weight excluding hydrogens is 220 g/mol. The highest BCUT2D eigenvalue weighted by atomic mass is 16.6. The van der Waals surface area contributed by atoms with Crippen molar-refractivity contribution in [1.29, 1.82) is 0 Å². The maximum atomic E-state index is 10.9. The van der Waals surface area contributed by atoms with Crippen molar-refractivity contribution in [1.82, 2.24) is 9.78 Å². The minimum atomic E-state index is -0.411. The van der Waals surface area contributed by atoms with Crippen molar-refractivity contribution in [2.24, 2.45) is 0 Å². The average Bonchev–Trinajstić information content (AvgIpc) is 2.55. The van der Waals surface area contributed by atoms with Crippen molar-refractivity contribution in [3.8, 4) is 5.69 Å². The highest BCUT2D eigenvalue weighted by molar-refractivity contribution is 5.49. The topological polar surface area (TPSA) is 87.0 Å². The molecule has 0 aliphatic rings. The van der Waals surface area contributed by atoms with Crippen LogP contribution in [0.15, 0.2) is 24.3 Å². The number of hydrogen-bond acceptors (Lipinski definition) is 4. The number of nitro groups is 1. The zero-order chi connectivity index (χ0) is 12.6. The average molecular weight is 232 g/mol. The van der Waals surface area contributed by atoms with Crippen LogP contribution in [0, 0.1) is 24.0 Å². The highest BCUT2D eigenvalue weighted by Gasteiger charge is 2.22. The molecule has 0 spiro atoms. The summed E-state index contributed by atoms with van der Waals surface area (Å²) in [6, 6.07) is 7.02. The van der Waals surface area contributed by atoms with Crippen LogP contribution in [-0.4, -0.2) is 14.7 Å². The molecule has 0 aliphatic carbocycles. The van der Waals surface area contributed by atoms with Gasteiger partial charge in [-0.3, -0.25) is 10.1 Å². The van der Waals surface area contributed by atoms with Gasteiger partial charge >= 0.3 is 5.69 Å². The summed E-state index contributed by atoms with van der Waals surface area (Å²) in [5.74, 6) is 0. The Morgan fingerprint density at radius 3 is 2.35 bits per heavy atom. The summed E-state index contributed by atoms with van der Waals surface area (Å²) in [4.78, 5) is 10.5. The van der Waals surface area contributed by atoms with E-state index in [0.717, 1.165) is 5.69 Å². The monoisotopic (exact) mass is 232 g/mol. The molecule has 1 heterocycles. The van der Waals surface area contributed by atoms with Crippen LogP contribution in [0.25, 0.3) is 5.69 Å². The number of aromatic nitrogens is 2. The molecule has 2 N–H and O–H groups in total. The van der Waals surface area contributed by atoms with Gasteiger partial charge in [0.25, 0.3) is 0 Å². The summed E-state index contributed by atoms with van der Waals surface area (Å²) < 4.78 is 1.55. The number of rotatable bonds is 2. The molecule has 2 rings (SSSR count). The van der Waals surface area contributed by atoms with Gasteiger partial charge in [-0.2, -0.15) is 5.10 Å². The molecule has 0 bridgehead atoms. The first kappa shape index (κ1) is 11.1. The van der Waals surface area contributed by atoms with E-state index in [0.29, 0.717) is 17.1 Å². The standard InChI is InChI=1S/C11H12N4O2/c1-7-11(15(16)17)8(2)14(13-7)10-5-3-9(12)4-6-10/h3-6H,12H2,1-2H3. The third-order valence-electron chi connectivity index (χ3n) is 2.57. The zero-order valence-electron chi connectivity index (χ0n) is 9.54. The molecule has 0 saturated carbocycles. The van der Waals surface area contributed by atoms with Gasteiger partial charge < -0.3 is 5.73 Å². The molecule has 2 aromatic rings. The molecule has 0 amide bonds. The molecule has 0 aliphatic heterocycles. The number of benzene rings is 1. The largest absolute Gasteiger partial charge is 0.399 e. The third kappa shape index (κ3) is 1.84. The Morgan fingerprint density at radius 2 is 1.88 bits per heavy atom. The number of aryl methyl sites for hydroxylation is 1. The molecule has 0 fully saturated rings. The first-order chi connectivity index (χ1) is 8.00. The predicted molar refractivity (Wildman–Crippen MR) is 64.1 cm³/mol. The van der Waals surface area contributed by atoms with Gasteiger partial charge in [-0.25, -0.2) is 4.68 Å². The van der Waals surface area contributed by atoms with Crippen LogP contribution >= 0.6 is 0 Å². The lowest BCUT2D eigenvalue weighted by molar-refractivity contribution is -0.386. The number of nitrogen functional groups attached to an aromatic ring is 1. The Labute approximate surface area is 97.8 Å². The molecule has 0 unspecified atom stereocenters. The van der Waals surface area contributed by atoms with E-state index in [4.69, 9.17) is 5.73 Å². The molecular formula is C11H12N4O2. The maximum Gasteiger partial charge on any atom is 0.313 e. The quantitative estimate of drug-likeness (QED) is 0.487. The van der Waals surface area contributed by atoms with Crippen LogP contribution in [0.4, 0.5) is 11.4 Å². The Kier molecular flexibility index (Phi) is 2.55. The van der Waals surface area contributed by atoms with E-state index in [-0.39, 0.29) is 5.69 Å². The SMILES string of the molecule is Cc1nn(-c2ccc(N)cc2)c(C)c1[N+](=O)[O-]. The fourth-order valence-electron chi connectivity index (χ4n) is 1.77. The molecule has 0 atom stereocenters. The zero-order valence-corrected chi connectivity index (χ0v) is 9.54. The Hall–Kier alpha value is -2.37. The molecule has 6 heteroatoms. The summed E-state index contributed by atoms with van der Waals surface area (Å²) >= 11 is 0. The van der Waals surface area contributed by atoms with Gasteiger partial charge in [-0.15, -0.1) is 0 Å². The fourth-order valence-corrected chi connectivity index (χ4v) is 1.77. The molecule has 17 heavy (non-hydrogen) atoms. The van der Waals surface area contributed by atoms with E-state index >= 15 is 0 Å². The molecule has 0 radical (unpaired) electrons. The van der Waals surface area contributed by atoms with Crippen LogP contribution in [0.2, 0.25) is 0 Å². The van der Waals surface area contributed by atoms with Gasteiger partial charge in [0, 0.05) is 5.69 Å². The summed E-state index contributed by atoms with van der Waals surface area (Å²) in [6.07, 6.45) is 0. The van der Waals surface area contributed by atoms with Gasteiger partial charge in [0.2, 0.25) is 0 Å².